The lowest BCUT2D eigenvalue weighted by atomic mass is 10.0. The van der Waals surface area contributed by atoms with Crippen LogP contribution in [0.4, 0.5) is 5.69 Å². The third kappa shape index (κ3) is 3.06. The van der Waals surface area contributed by atoms with Crippen LogP contribution in [-0.4, -0.2) is 0 Å². The van der Waals surface area contributed by atoms with Crippen LogP contribution in [0.15, 0.2) is 78.9 Å². The molecule has 0 radical (unpaired) electrons. The Morgan fingerprint density at radius 2 is 1.38 bits per heavy atom. The molecule has 0 fully saturated rings. The lowest BCUT2D eigenvalue weighted by molar-refractivity contribution is 0.308. The van der Waals surface area contributed by atoms with E-state index in [1.165, 1.54) is 0 Å². The Morgan fingerprint density at radius 3 is 2.19 bits per heavy atom. The van der Waals surface area contributed by atoms with E-state index in [9.17, 15) is 0 Å². The zero-order chi connectivity index (χ0) is 14.5. The number of nitrogens with two attached hydrogens (primary N) is 1. The Bertz CT molecular complexity index is 722. The predicted octanol–water partition coefficient (Wildman–Crippen LogP) is 4.51. The summed E-state index contributed by atoms with van der Waals surface area (Å²) in [7, 11) is 0. The first-order valence-electron chi connectivity index (χ1n) is 6.95. The van der Waals surface area contributed by atoms with E-state index < -0.39 is 0 Å². The molecule has 2 heteroatoms. The monoisotopic (exact) mass is 275 g/mol. The summed E-state index contributed by atoms with van der Waals surface area (Å²) >= 11 is 0. The van der Waals surface area contributed by atoms with Gasteiger partial charge in [0.15, 0.2) is 0 Å². The Balaban J connectivity index is 1.85. The molecule has 0 unspecified atom stereocenters. The highest BCUT2D eigenvalue weighted by atomic mass is 16.5. The highest BCUT2D eigenvalue weighted by molar-refractivity contribution is 5.70. The molecule has 0 saturated heterocycles. The van der Waals surface area contributed by atoms with E-state index in [2.05, 4.69) is 18.2 Å². The second-order valence-corrected chi connectivity index (χ2v) is 4.85. The number of para-hydroxylation sites is 2. The van der Waals surface area contributed by atoms with Gasteiger partial charge in [0.2, 0.25) is 0 Å². The minimum Gasteiger partial charge on any atom is -0.488 e. The maximum Gasteiger partial charge on any atom is 0.127 e. The Kier molecular flexibility index (Phi) is 3.88. The van der Waals surface area contributed by atoms with Gasteiger partial charge in [-0.3, -0.25) is 0 Å². The summed E-state index contributed by atoms with van der Waals surface area (Å²) in [6, 6.07) is 26.1. The predicted molar refractivity (Wildman–Crippen MR) is 87.1 cm³/mol. The maximum atomic E-state index is 5.98. The second-order valence-electron chi connectivity index (χ2n) is 4.85. The molecule has 3 rings (SSSR count). The van der Waals surface area contributed by atoms with Gasteiger partial charge in [0.05, 0.1) is 0 Å². The highest BCUT2D eigenvalue weighted by Gasteiger charge is 2.06. The fraction of sp³-hybridized carbons (Fsp3) is 0.0526. The molecule has 0 spiro atoms. The smallest absolute Gasteiger partial charge is 0.127 e. The molecule has 2 N–H and O–H groups in total. The van der Waals surface area contributed by atoms with Gasteiger partial charge in [-0.25, -0.2) is 0 Å². The van der Waals surface area contributed by atoms with E-state index in [0.717, 1.165) is 28.1 Å². The van der Waals surface area contributed by atoms with Crippen molar-refractivity contribution in [3.05, 3.63) is 84.4 Å². The van der Waals surface area contributed by atoms with E-state index in [4.69, 9.17) is 10.5 Å². The number of hydrogen-bond donors (Lipinski definition) is 1. The number of ether oxygens (including phenoxy) is 1. The van der Waals surface area contributed by atoms with Gasteiger partial charge in [0.25, 0.3) is 0 Å². The summed E-state index contributed by atoms with van der Waals surface area (Å²) in [5.74, 6) is 0.868. The fourth-order valence-electron chi connectivity index (χ4n) is 2.27. The van der Waals surface area contributed by atoms with Gasteiger partial charge in [0.1, 0.15) is 12.4 Å². The standard InChI is InChI=1S/C19H17NO/c20-18-12-6-4-10-16(18)14-21-19-13-7-5-11-17(19)15-8-2-1-3-9-15/h1-13H,14,20H2. The average Bonchev–Trinajstić information content (AvgIpc) is 2.55. The average molecular weight is 275 g/mol. The number of benzene rings is 3. The van der Waals surface area contributed by atoms with Crippen molar-refractivity contribution < 1.29 is 4.74 Å². The van der Waals surface area contributed by atoms with Crippen LogP contribution in [0.3, 0.4) is 0 Å². The Morgan fingerprint density at radius 1 is 0.714 bits per heavy atom. The summed E-state index contributed by atoms with van der Waals surface area (Å²) < 4.78 is 5.98. The molecule has 0 amide bonds. The Hall–Kier alpha value is -2.74. The zero-order valence-electron chi connectivity index (χ0n) is 11.7. The second kappa shape index (κ2) is 6.14. The third-order valence-corrected chi connectivity index (χ3v) is 3.41. The van der Waals surface area contributed by atoms with Crippen LogP contribution < -0.4 is 10.5 Å². The van der Waals surface area contributed by atoms with Crippen LogP contribution in [-0.2, 0) is 6.61 Å². The molecule has 3 aromatic rings. The summed E-state index contributed by atoms with van der Waals surface area (Å²) in [6.45, 7) is 0.469. The van der Waals surface area contributed by atoms with E-state index in [0.29, 0.717) is 6.61 Å². The van der Waals surface area contributed by atoms with Crippen LogP contribution in [0.2, 0.25) is 0 Å². The van der Waals surface area contributed by atoms with E-state index in [-0.39, 0.29) is 0 Å². The minimum absolute atomic E-state index is 0.469. The van der Waals surface area contributed by atoms with Gasteiger partial charge in [-0.2, -0.15) is 0 Å². The first kappa shape index (κ1) is 13.3. The van der Waals surface area contributed by atoms with Crippen molar-refractivity contribution in [2.45, 2.75) is 6.61 Å². The van der Waals surface area contributed by atoms with Gasteiger partial charge in [0, 0.05) is 16.8 Å². The van der Waals surface area contributed by atoms with E-state index >= 15 is 0 Å². The van der Waals surface area contributed by atoms with Gasteiger partial charge in [-0.05, 0) is 17.7 Å². The molecule has 0 aliphatic heterocycles. The number of anilines is 1. The molecule has 104 valence electrons. The fourth-order valence-corrected chi connectivity index (χ4v) is 2.27. The van der Waals surface area contributed by atoms with Crippen LogP contribution in [0.1, 0.15) is 5.56 Å². The van der Waals surface area contributed by atoms with Crippen LogP contribution in [0.25, 0.3) is 11.1 Å². The molecule has 0 aliphatic carbocycles. The van der Waals surface area contributed by atoms with E-state index in [1.54, 1.807) is 0 Å². The van der Waals surface area contributed by atoms with Crippen molar-refractivity contribution in [1.82, 2.24) is 0 Å². The van der Waals surface area contributed by atoms with Crippen molar-refractivity contribution in [3.63, 3.8) is 0 Å². The normalized spacial score (nSPS) is 10.3. The van der Waals surface area contributed by atoms with Crippen LogP contribution in [0.5, 0.6) is 5.75 Å². The summed E-state index contributed by atoms with van der Waals surface area (Å²) in [6.07, 6.45) is 0. The van der Waals surface area contributed by atoms with Crippen molar-refractivity contribution in [3.8, 4) is 16.9 Å². The molecular formula is C19H17NO. The maximum absolute atomic E-state index is 5.98. The van der Waals surface area contributed by atoms with E-state index in [1.807, 2.05) is 60.7 Å². The quantitative estimate of drug-likeness (QED) is 0.711. The first-order valence-corrected chi connectivity index (χ1v) is 6.95. The molecule has 3 aromatic carbocycles. The molecule has 21 heavy (non-hydrogen) atoms. The molecule has 2 nitrogen and oxygen atoms in total. The molecular weight excluding hydrogens is 258 g/mol. The third-order valence-electron chi connectivity index (χ3n) is 3.41. The Labute approximate surface area is 124 Å². The number of nitrogen functional groups attached to an aromatic ring is 1. The zero-order valence-corrected chi connectivity index (χ0v) is 11.7. The molecule has 0 saturated carbocycles. The summed E-state index contributed by atoms with van der Waals surface area (Å²) in [4.78, 5) is 0. The van der Waals surface area contributed by atoms with Gasteiger partial charge >= 0.3 is 0 Å². The number of rotatable bonds is 4. The molecule has 0 bridgehead atoms. The summed E-state index contributed by atoms with van der Waals surface area (Å²) in [5, 5.41) is 0. The SMILES string of the molecule is Nc1ccccc1COc1ccccc1-c1ccccc1. The van der Waals surface area contributed by atoms with Crippen LogP contribution in [0, 0.1) is 0 Å². The highest BCUT2D eigenvalue weighted by Crippen LogP contribution is 2.30. The largest absolute Gasteiger partial charge is 0.488 e. The number of hydrogen-bond acceptors (Lipinski definition) is 2. The van der Waals surface area contributed by atoms with Crippen molar-refractivity contribution in [1.29, 1.82) is 0 Å². The lowest BCUT2D eigenvalue weighted by Crippen LogP contribution is -2.00. The van der Waals surface area contributed by atoms with Gasteiger partial charge in [-0.1, -0.05) is 66.7 Å². The topological polar surface area (TPSA) is 35.2 Å². The summed E-state index contributed by atoms with van der Waals surface area (Å²) in [5.41, 5.74) is 9.95. The van der Waals surface area contributed by atoms with Gasteiger partial charge in [-0.15, -0.1) is 0 Å². The lowest BCUT2D eigenvalue weighted by Gasteiger charge is -2.12. The molecule has 0 aliphatic rings. The first-order chi connectivity index (χ1) is 10.3. The van der Waals surface area contributed by atoms with Crippen LogP contribution >= 0.6 is 0 Å². The van der Waals surface area contributed by atoms with Gasteiger partial charge < -0.3 is 10.5 Å². The van der Waals surface area contributed by atoms with Crippen molar-refractivity contribution in [2.75, 3.05) is 5.73 Å². The minimum atomic E-state index is 0.469. The van der Waals surface area contributed by atoms with Crippen molar-refractivity contribution in [2.24, 2.45) is 0 Å². The molecule has 0 aromatic heterocycles. The van der Waals surface area contributed by atoms with Crippen molar-refractivity contribution >= 4 is 5.69 Å². The molecule has 0 heterocycles. The molecule has 0 atom stereocenters.